The van der Waals surface area contributed by atoms with Gasteiger partial charge in [-0.05, 0) is 48.9 Å². The molecule has 0 aliphatic heterocycles. The maximum absolute atomic E-state index is 13.4. The van der Waals surface area contributed by atoms with Crippen molar-refractivity contribution >= 4 is 41.0 Å². The number of hydrogen-bond donors (Lipinski definition) is 0. The summed E-state index contributed by atoms with van der Waals surface area (Å²) in [7, 11) is 0. The second-order valence-corrected chi connectivity index (χ2v) is 9.80. The van der Waals surface area contributed by atoms with Gasteiger partial charge in [0.1, 0.15) is 0 Å². The molecule has 1 aliphatic carbocycles. The maximum Gasteiger partial charge on any atom is 0.338 e. The van der Waals surface area contributed by atoms with Crippen molar-refractivity contribution in [2.24, 2.45) is 4.99 Å². The standard InChI is InChI=1S/C20H14N4O5.C7H4N2O3.C7H6O/c25-20-21(14-6-4-8-16(12-14)23(26)27)18-10-2-1-3-11-19(18)22(20)15-7-5-9-17(13-15)24(28)29;10-5-8-6-2-1-3-7(4-6)9(11)12;8-7-5-3-1-2-4-6-7/h2-13H,1H2;1-4H;1-6H. The van der Waals surface area contributed by atoms with Crippen molar-refractivity contribution < 1.29 is 19.6 Å². The topological polar surface area (TPSA) is 203 Å². The van der Waals surface area contributed by atoms with E-state index < -0.39 is 20.5 Å². The summed E-state index contributed by atoms with van der Waals surface area (Å²) in [6, 6.07) is 27.2. The van der Waals surface area contributed by atoms with Gasteiger partial charge in [-0.2, -0.15) is 4.99 Å². The molecule has 1 aromatic heterocycles. The van der Waals surface area contributed by atoms with Crippen LogP contribution in [0.25, 0.3) is 23.5 Å². The number of benzene rings is 3. The van der Waals surface area contributed by atoms with Crippen molar-refractivity contribution in [2.75, 3.05) is 0 Å². The molecule has 0 amide bonds. The van der Waals surface area contributed by atoms with Crippen LogP contribution in [0.1, 0.15) is 17.8 Å². The van der Waals surface area contributed by atoms with Crippen LogP contribution in [0.5, 0.6) is 0 Å². The van der Waals surface area contributed by atoms with E-state index in [1.165, 1.54) is 88.0 Å². The van der Waals surface area contributed by atoms with Crippen LogP contribution < -0.4 is 11.1 Å². The van der Waals surface area contributed by atoms with Gasteiger partial charge in [-0.3, -0.25) is 44.3 Å². The zero-order chi connectivity index (χ0) is 35.3. The molecule has 6 rings (SSSR count). The molecule has 0 fully saturated rings. The van der Waals surface area contributed by atoms with Crippen LogP contribution in [0.15, 0.2) is 136 Å². The van der Waals surface area contributed by atoms with Crippen molar-refractivity contribution in [2.45, 2.75) is 6.42 Å². The first-order chi connectivity index (χ1) is 23.6. The molecular formula is C34H24N6O9. The molecular weight excluding hydrogens is 636 g/mol. The first-order valence-electron chi connectivity index (χ1n) is 14.2. The average molecular weight is 661 g/mol. The number of rotatable bonds is 6. The molecule has 5 aromatic rings. The highest BCUT2D eigenvalue weighted by Gasteiger charge is 2.22. The predicted molar refractivity (Wildman–Crippen MR) is 181 cm³/mol. The number of nitro benzene ring substituents is 3. The smallest absolute Gasteiger partial charge is 0.290 e. The van der Waals surface area contributed by atoms with Crippen molar-refractivity contribution in [1.82, 2.24) is 9.13 Å². The second kappa shape index (κ2) is 16.3. The van der Waals surface area contributed by atoms with E-state index >= 15 is 0 Å². The summed E-state index contributed by atoms with van der Waals surface area (Å²) < 4.78 is 2.74. The lowest BCUT2D eigenvalue weighted by Gasteiger charge is -2.04. The van der Waals surface area contributed by atoms with E-state index in [9.17, 15) is 44.7 Å². The fourth-order valence-electron chi connectivity index (χ4n) is 4.50. The molecule has 0 saturated carbocycles. The van der Waals surface area contributed by atoms with E-state index in [0.717, 1.165) is 0 Å². The third-order valence-corrected chi connectivity index (χ3v) is 6.62. The van der Waals surface area contributed by atoms with Gasteiger partial charge in [0.25, 0.3) is 17.1 Å². The Morgan fingerprint density at radius 1 is 0.592 bits per heavy atom. The van der Waals surface area contributed by atoms with Crippen LogP contribution in [0.2, 0.25) is 0 Å². The van der Waals surface area contributed by atoms with E-state index in [0.29, 0.717) is 29.2 Å². The normalized spacial score (nSPS) is 10.9. The minimum atomic E-state index is -0.552. The Morgan fingerprint density at radius 2 is 1.04 bits per heavy atom. The van der Waals surface area contributed by atoms with Gasteiger partial charge < -0.3 is 0 Å². The number of aliphatic imine (C=N–C) groups is 1. The van der Waals surface area contributed by atoms with E-state index in [1.54, 1.807) is 36.4 Å². The molecule has 1 aliphatic rings. The van der Waals surface area contributed by atoms with E-state index in [1.807, 2.05) is 24.3 Å². The summed E-state index contributed by atoms with van der Waals surface area (Å²) in [5, 5.41) is 32.6. The maximum atomic E-state index is 13.4. The molecule has 0 atom stereocenters. The van der Waals surface area contributed by atoms with Crippen LogP contribution in [0.3, 0.4) is 0 Å². The zero-order valence-corrected chi connectivity index (χ0v) is 25.3. The lowest BCUT2D eigenvalue weighted by atomic mass is 10.2. The SMILES string of the molecule is O=C=Nc1cccc([N+](=O)[O-])c1.O=c1cccccc1.O=c1n(-c2cccc([N+](=O)[O-])c2)c2c(n1-c1cccc([N+](=O)[O-])c1)C=CCC=C2. The van der Waals surface area contributed by atoms with Gasteiger partial charge in [-0.15, -0.1) is 0 Å². The number of hydrogen-bond acceptors (Lipinski definition) is 10. The van der Waals surface area contributed by atoms with Gasteiger partial charge in [-0.25, -0.2) is 9.59 Å². The van der Waals surface area contributed by atoms with Gasteiger partial charge in [0.2, 0.25) is 6.08 Å². The van der Waals surface area contributed by atoms with Crippen molar-refractivity contribution in [3.63, 3.8) is 0 Å². The van der Waals surface area contributed by atoms with Gasteiger partial charge in [0, 0.05) is 36.4 Å². The average Bonchev–Trinajstić information content (AvgIpc) is 3.31. The Morgan fingerprint density at radius 3 is 1.49 bits per heavy atom. The summed E-state index contributed by atoms with van der Waals surface area (Å²) in [4.78, 5) is 67.8. The van der Waals surface area contributed by atoms with Crippen molar-refractivity contribution in [1.29, 1.82) is 0 Å². The number of aromatic nitrogens is 2. The second-order valence-electron chi connectivity index (χ2n) is 9.80. The number of allylic oxidation sites excluding steroid dienone is 2. The molecule has 244 valence electrons. The van der Waals surface area contributed by atoms with Gasteiger partial charge in [0.15, 0.2) is 5.43 Å². The Balaban J connectivity index is 0.000000220. The van der Waals surface area contributed by atoms with Gasteiger partial charge >= 0.3 is 5.69 Å². The summed E-state index contributed by atoms with van der Waals surface area (Å²) in [5.74, 6) is 0. The zero-order valence-electron chi connectivity index (χ0n) is 25.3. The molecule has 0 spiro atoms. The number of carbonyl (C=O) groups excluding carboxylic acids is 1. The van der Waals surface area contributed by atoms with Crippen LogP contribution in [-0.4, -0.2) is 30.0 Å². The molecule has 0 unspecified atom stereocenters. The molecule has 1 heterocycles. The van der Waals surface area contributed by atoms with Gasteiger partial charge in [-0.1, -0.05) is 54.6 Å². The molecule has 0 radical (unpaired) electrons. The minimum absolute atomic E-state index is 0.0509. The highest BCUT2D eigenvalue weighted by molar-refractivity contribution is 5.67. The highest BCUT2D eigenvalue weighted by Crippen LogP contribution is 2.26. The Hall–Kier alpha value is -7.38. The molecule has 0 saturated heterocycles. The molecule has 15 nitrogen and oxygen atoms in total. The molecule has 4 aromatic carbocycles. The van der Waals surface area contributed by atoms with Crippen LogP contribution in [0.4, 0.5) is 22.7 Å². The minimum Gasteiger partial charge on any atom is -0.290 e. The Labute approximate surface area is 276 Å². The third-order valence-electron chi connectivity index (χ3n) is 6.62. The summed E-state index contributed by atoms with van der Waals surface area (Å²) in [5.41, 5.74) is 1.19. The molecule has 0 N–H and O–H groups in total. The quantitative estimate of drug-likeness (QED) is 0.0844. The summed E-state index contributed by atoms with van der Waals surface area (Å²) in [6.45, 7) is 0. The monoisotopic (exact) mass is 660 g/mol. The predicted octanol–water partition coefficient (Wildman–Crippen LogP) is 6.48. The van der Waals surface area contributed by atoms with E-state index in [4.69, 9.17) is 0 Å². The number of nitro groups is 3. The Bertz CT molecular complexity index is 2130. The molecule has 49 heavy (non-hydrogen) atoms. The number of non-ortho nitro benzene ring substituents is 3. The third kappa shape index (κ3) is 8.88. The summed E-state index contributed by atoms with van der Waals surface area (Å²) in [6.07, 6.45) is 9.22. The fourth-order valence-corrected chi connectivity index (χ4v) is 4.50. The number of imidazole rings is 1. The largest absolute Gasteiger partial charge is 0.338 e. The van der Waals surface area contributed by atoms with Crippen LogP contribution in [0, 0.1) is 30.3 Å². The molecule has 15 heteroatoms. The first-order valence-corrected chi connectivity index (χ1v) is 14.2. The highest BCUT2D eigenvalue weighted by atomic mass is 16.6. The first kappa shape index (κ1) is 34.5. The number of fused-ring (bicyclic) bond motifs is 1. The fraction of sp³-hybridized carbons (Fsp3) is 0.0294. The van der Waals surface area contributed by atoms with E-state index in [2.05, 4.69) is 4.99 Å². The van der Waals surface area contributed by atoms with Crippen molar-refractivity contribution in [3.05, 3.63) is 184 Å². The van der Waals surface area contributed by atoms with Crippen molar-refractivity contribution in [3.8, 4) is 11.4 Å². The number of isocyanates is 1. The summed E-state index contributed by atoms with van der Waals surface area (Å²) >= 11 is 0. The Kier molecular flexibility index (Phi) is 11.4. The van der Waals surface area contributed by atoms with Crippen LogP contribution in [-0.2, 0) is 4.79 Å². The lowest BCUT2D eigenvalue weighted by molar-refractivity contribution is -0.385. The molecule has 0 bridgehead atoms. The number of nitrogens with zero attached hydrogens (tertiary/aromatic N) is 6. The van der Waals surface area contributed by atoms with Crippen LogP contribution >= 0.6 is 0 Å². The van der Waals surface area contributed by atoms with Gasteiger partial charge in [0.05, 0.1) is 43.2 Å². The van der Waals surface area contributed by atoms with E-state index in [-0.39, 0.29) is 28.2 Å². The lowest BCUT2D eigenvalue weighted by Crippen LogP contribution is -2.23.